The molecular formula is C18H16Cl2N2O6. The van der Waals surface area contributed by atoms with Crippen molar-refractivity contribution in [2.75, 3.05) is 25.6 Å². The zero-order valence-corrected chi connectivity index (χ0v) is 16.2. The molecule has 28 heavy (non-hydrogen) atoms. The van der Waals surface area contributed by atoms with Crippen LogP contribution in [0.15, 0.2) is 36.4 Å². The Hall–Kier alpha value is -2.97. The summed E-state index contributed by atoms with van der Waals surface area (Å²) in [6.45, 7) is -0.925. The lowest BCUT2D eigenvalue weighted by atomic mass is 10.2. The van der Waals surface area contributed by atoms with Crippen molar-refractivity contribution in [3.05, 3.63) is 52.0 Å². The summed E-state index contributed by atoms with van der Waals surface area (Å²) in [5, 5.41) is 3.10. The summed E-state index contributed by atoms with van der Waals surface area (Å²) in [6.07, 6.45) is 0. The Balaban J connectivity index is 2.01. The Morgan fingerprint density at radius 3 is 2.36 bits per heavy atom. The van der Waals surface area contributed by atoms with E-state index in [-0.39, 0.29) is 22.1 Å². The van der Waals surface area contributed by atoms with Gasteiger partial charge < -0.3 is 25.3 Å². The molecule has 0 heterocycles. The topological polar surface area (TPSA) is 117 Å². The van der Waals surface area contributed by atoms with E-state index in [0.29, 0.717) is 10.7 Å². The Bertz CT molecular complexity index is 886. The number of ether oxygens (including phenoxy) is 3. The van der Waals surface area contributed by atoms with Gasteiger partial charge in [0.2, 0.25) is 0 Å². The second-order valence-corrected chi connectivity index (χ2v) is 6.22. The fraction of sp³-hybridized carbons (Fsp3) is 0.167. The lowest BCUT2D eigenvalue weighted by molar-refractivity contribution is -0.120. The minimum Gasteiger partial charge on any atom is -0.493 e. The van der Waals surface area contributed by atoms with Gasteiger partial charge in [0, 0.05) is 10.7 Å². The first-order valence-corrected chi connectivity index (χ1v) is 8.57. The van der Waals surface area contributed by atoms with Crippen LogP contribution in [0.25, 0.3) is 0 Å². The maximum Gasteiger partial charge on any atom is 0.338 e. The minimum absolute atomic E-state index is 0.0122. The molecule has 2 rings (SSSR count). The molecular weight excluding hydrogens is 411 g/mol. The van der Waals surface area contributed by atoms with Crippen LogP contribution in [0.1, 0.15) is 10.4 Å². The number of anilines is 1. The van der Waals surface area contributed by atoms with E-state index in [1.807, 2.05) is 0 Å². The van der Waals surface area contributed by atoms with Crippen molar-refractivity contribution in [2.24, 2.45) is 5.73 Å². The van der Waals surface area contributed by atoms with Crippen LogP contribution in [0.2, 0.25) is 10.0 Å². The summed E-state index contributed by atoms with van der Waals surface area (Å²) in [4.78, 5) is 34.9. The average molecular weight is 427 g/mol. The number of amides is 2. The lowest BCUT2D eigenvalue weighted by Crippen LogP contribution is -2.21. The second kappa shape index (κ2) is 9.82. The van der Waals surface area contributed by atoms with Gasteiger partial charge in [0.25, 0.3) is 11.8 Å². The number of hydrogen-bond donors (Lipinski definition) is 2. The van der Waals surface area contributed by atoms with Gasteiger partial charge in [-0.1, -0.05) is 23.2 Å². The van der Waals surface area contributed by atoms with Crippen LogP contribution in [-0.4, -0.2) is 38.1 Å². The van der Waals surface area contributed by atoms with Crippen molar-refractivity contribution in [1.29, 1.82) is 0 Å². The molecule has 0 saturated carbocycles. The molecule has 0 atom stereocenters. The molecule has 148 valence electrons. The fourth-order valence-corrected chi connectivity index (χ4v) is 2.46. The predicted octanol–water partition coefficient (Wildman–Crippen LogP) is 2.66. The third-order valence-corrected chi connectivity index (χ3v) is 3.82. The van der Waals surface area contributed by atoms with E-state index in [4.69, 9.17) is 43.1 Å². The van der Waals surface area contributed by atoms with Crippen LogP contribution in [-0.2, 0) is 14.3 Å². The molecule has 0 unspecified atom stereocenters. The van der Waals surface area contributed by atoms with E-state index in [1.165, 1.54) is 19.2 Å². The van der Waals surface area contributed by atoms with Gasteiger partial charge in [-0.2, -0.15) is 0 Å². The third-order valence-electron chi connectivity index (χ3n) is 3.29. The first kappa shape index (κ1) is 21.3. The minimum atomic E-state index is -0.798. The monoisotopic (exact) mass is 426 g/mol. The second-order valence-electron chi connectivity index (χ2n) is 5.38. The summed E-state index contributed by atoms with van der Waals surface area (Å²) in [5.74, 6) is -1.87. The molecule has 0 aliphatic heterocycles. The maximum atomic E-state index is 12.2. The molecule has 0 fully saturated rings. The number of halogens is 2. The summed E-state index contributed by atoms with van der Waals surface area (Å²) in [5.41, 5.74) is 5.56. The van der Waals surface area contributed by atoms with Crippen molar-refractivity contribution in [2.45, 2.75) is 0 Å². The van der Waals surface area contributed by atoms with Gasteiger partial charge in [-0.25, -0.2) is 4.79 Å². The summed E-state index contributed by atoms with van der Waals surface area (Å²) >= 11 is 11.8. The maximum absolute atomic E-state index is 12.2. The number of methoxy groups -OCH3 is 1. The molecule has 8 nitrogen and oxygen atoms in total. The number of hydrogen-bond acceptors (Lipinski definition) is 6. The summed E-state index contributed by atoms with van der Waals surface area (Å²) in [6, 6.07) is 9.01. The average Bonchev–Trinajstić information content (AvgIpc) is 2.66. The molecule has 0 spiro atoms. The molecule has 10 heteroatoms. The fourth-order valence-electron chi connectivity index (χ4n) is 2.07. The van der Waals surface area contributed by atoms with Crippen LogP contribution in [0, 0.1) is 0 Å². The van der Waals surface area contributed by atoms with Gasteiger partial charge in [0.05, 0.1) is 17.7 Å². The molecule has 0 saturated heterocycles. The van der Waals surface area contributed by atoms with Gasteiger partial charge in [-0.3, -0.25) is 9.59 Å². The number of carbonyl (C=O) groups is 3. The number of nitrogens with one attached hydrogen (secondary N) is 1. The number of nitrogens with two attached hydrogens (primary N) is 1. The number of rotatable bonds is 8. The highest BCUT2D eigenvalue weighted by molar-refractivity contribution is 6.32. The van der Waals surface area contributed by atoms with Gasteiger partial charge in [-0.15, -0.1) is 0 Å². The van der Waals surface area contributed by atoms with Crippen molar-refractivity contribution in [3.63, 3.8) is 0 Å². The van der Waals surface area contributed by atoms with E-state index in [9.17, 15) is 14.4 Å². The SMILES string of the molecule is COc1cc(C(=O)OCC(=O)Nc2ccc(Cl)cc2)cc(Cl)c1OCC(N)=O. The van der Waals surface area contributed by atoms with Crippen molar-refractivity contribution in [3.8, 4) is 11.5 Å². The Kier molecular flexibility index (Phi) is 7.48. The normalized spacial score (nSPS) is 10.1. The van der Waals surface area contributed by atoms with Crippen molar-refractivity contribution >= 4 is 46.7 Å². The zero-order valence-electron chi connectivity index (χ0n) is 14.7. The lowest BCUT2D eigenvalue weighted by Gasteiger charge is -2.13. The predicted molar refractivity (Wildman–Crippen MR) is 103 cm³/mol. The van der Waals surface area contributed by atoms with Crippen molar-refractivity contribution < 1.29 is 28.6 Å². The first-order valence-electron chi connectivity index (χ1n) is 7.81. The molecule has 2 aromatic rings. The van der Waals surface area contributed by atoms with E-state index in [2.05, 4.69) is 5.32 Å². The van der Waals surface area contributed by atoms with E-state index in [0.717, 1.165) is 0 Å². The van der Waals surface area contributed by atoms with Gasteiger partial charge in [0.1, 0.15) is 0 Å². The third kappa shape index (κ3) is 6.04. The summed E-state index contributed by atoms with van der Waals surface area (Å²) < 4.78 is 15.2. The molecule has 2 aromatic carbocycles. The first-order chi connectivity index (χ1) is 13.3. The van der Waals surface area contributed by atoms with Crippen LogP contribution in [0.5, 0.6) is 11.5 Å². The van der Waals surface area contributed by atoms with E-state index < -0.39 is 31.0 Å². The molecule has 0 bridgehead atoms. The molecule has 0 aliphatic rings. The Labute approximate surface area is 170 Å². The Morgan fingerprint density at radius 2 is 1.75 bits per heavy atom. The Morgan fingerprint density at radius 1 is 1.07 bits per heavy atom. The van der Waals surface area contributed by atoms with Crippen LogP contribution >= 0.6 is 23.2 Å². The highest BCUT2D eigenvalue weighted by Crippen LogP contribution is 2.36. The highest BCUT2D eigenvalue weighted by Gasteiger charge is 2.18. The van der Waals surface area contributed by atoms with E-state index in [1.54, 1.807) is 24.3 Å². The molecule has 0 aromatic heterocycles. The molecule has 0 aliphatic carbocycles. The van der Waals surface area contributed by atoms with Crippen molar-refractivity contribution in [1.82, 2.24) is 0 Å². The van der Waals surface area contributed by atoms with Gasteiger partial charge in [-0.05, 0) is 36.4 Å². The quantitative estimate of drug-likeness (QED) is 0.626. The summed E-state index contributed by atoms with van der Waals surface area (Å²) in [7, 11) is 1.33. The van der Waals surface area contributed by atoms with Crippen LogP contribution < -0.4 is 20.5 Å². The number of benzene rings is 2. The molecule has 0 radical (unpaired) electrons. The van der Waals surface area contributed by atoms with Gasteiger partial charge in [0.15, 0.2) is 24.7 Å². The standard InChI is InChI=1S/C18H16Cl2N2O6/c1-26-14-7-10(6-13(20)17(14)27-8-15(21)23)18(25)28-9-16(24)22-12-4-2-11(19)3-5-12/h2-7H,8-9H2,1H3,(H2,21,23)(H,22,24). The molecule has 2 amide bonds. The highest BCUT2D eigenvalue weighted by atomic mass is 35.5. The van der Waals surface area contributed by atoms with Crippen LogP contribution in [0.4, 0.5) is 5.69 Å². The number of carbonyl (C=O) groups excluding carboxylic acids is 3. The van der Waals surface area contributed by atoms with E-state index >= 15 is 0 Å². The smallest absolute Gasteiger partial charge is 0.338 e. The number of esters is 1. The zero-order chi connectivity index (χ0) is 20.7. The number of primary amides is 1. The molecule has 3 N–H and O–H groups in total. The van der Waals surface area contributed by atoms with Crippen LogP contribution in [0.3, 0.4) is 0 Å². The largest absolute Gasteiger partial charge is 0.493 e. The van der Waals surface area contributed by atoms with Gasteiger partial charge >= 0.3 is 5.97 Å².